The number of sulfonamides is 1. The molecule has 0 atom stereocenters. The fourth-order valence-electron chi connectivity index (χ4n) is 3.78. The van der Waals surface area contributed by atoms with Gasteiger partial charge in [0, 0.05) is 10.7 Å². The van der Waals surface area contributed by atoms with E-state index in [1.165, 1.54) is 30.2 Å². The Balaban J connectivity index is 1.60. The van der Waals surface area contributed by atoms with Crippen LogP contribution in [0.2, 0.25) is 5.02 Å². The van der Waals surface area contributed by atoms with Gasteiger partial charge in [0.25, 0.3) is 5.91 Å². The number of anilines is 1. The van der Waals surface area contributed by atoms with Crippen molar-refractivity contribution in [3.63, 3.8) is 0 Å². The minimum Gasteiger partial charge on any atom is -0.465 e. The highest BCUT2D eigenvalue weighted by Crippen LogP contribution is 2.36. The summed E-state index contributed by atoms with van der Waals surface area (Å²) in [5.41, 5.74) is 2.02. The molecule has 0 saturated heterocycles. The molecule has 0 aliphatic carbocycles. The number of halogens is 1. The second kappa shape index (κ2) is 10.1. The molecule has 1 aliphatic rings. The molecule has 2 aromatic carbocycles. The lowest BCUT2D eigenvalue weighted by Crippen LogP contribution is -2.24. The van der Waals surface area contributed by atoms with Crippen molar-refractivity contribution in [3.8, 4) is 0 Å². The van der Waals surface area contributed by atoms with E-state index < -0.39 is 21.9 Å². The van der Waals surface area contributed by atoms with Gasteiger partial charge in [-0.25, -0.2) is 17.9 Å². The van der Waals surface area contributed by atoms with Crippen LogP contribution in [0.5, 0.6) is 0 Å². The maximum Gasteiger partial charge on any atom is 0.340 e. The van der Waals surface area contributed by atoms with Gasteiger partial charge in [-0.05, 0) is 62.4 Å². The van der Waals surface area contributed by atoms with Gasteiger partial charge in [-0.15, -0.1) is 0 Å². The molecule has 1 amide bonds. The summed E-state index contributed by atoms with van der Waals surface area (Å²) in [5.74, 6) is -0.525. The molecule has 0 radical (unpaired) electrons. The van der Waals surface area contributed by atoms with E-state index in [0.717, 1.165) is 5.56 Å². The van der Waals surface area contributed by atoms with Crippen molar-refractivity contribution in [1.29, 1.82) is 0 Å². The summed E-state index contributed by atoms with van der Waals surface area (Å²) in [4.78, 5) is 27.4. The Bertz CT molecular complexity index is 1500. The predicted molar refractivity (Wildman–Crippen MR) is 136 cm³/mol. The highest BCUT2D eigenvalue weighted by atomic mass is 35.5. The highest BCUT2D eigenvalue weighted by molar-refractivity contribution is 7.89. The molecule has 1 aliphatic heterocycles. The molecule has 10 heteroatoms. The first-order valence-corrected chi connectivity index (χ1v) is 12.7. The van der Waals surface area contributed by atoms with E-state index in [1.54, 1.807) is 55.5 Å². The molecule has 1 N–H and O–H groups in total. The van der Waals surface area contributed by atoms with Gasteiger partial charge in [-0.3, -0.25) is 9.69 Å². The van der Waals surface area contributed by atoms with Crippen LogP contribution in [0.4, 0.5) is 5.69 Å². The quantitative estimate of drug-likeness (QED) is 0.356. The Hall–Kier alpha value is -3.66. The molecule has 1 aromatic heterocycles. The SMILES string of the molecule is COC(=O)C1=C(C)N(c2cccc(Cl)c2)C(=O)/C1=C/c1ccc(CNS(=O)(=O)c2ccc(C)cc2)o1. The average Bonchev–Trinajstić information content (AvgIpc) is 3.39. The third kappa shape index (κ3) is 5.13. The third-order valence-electron chi connectivity index (χ3n) is 5.59. The molecule has 4 rings (SSSR count). The van der Waals surface area contributed by atoms with Crippen LogP contribution in [0.25, 0.3) is 6.08 Å². The minimum absolute atomic E-state index is 0.0838. The summed E-state index contributed by atoms with van der Waals surface area (Å²) in [6.45, 7) is 3.41. The van der Waals surface area contributed by atoms with Gasteiger partial charge in [-0.1, -0.05) is 35.4 Å². The maximum absolute atomic E-state index is 13.3. The Kier molecular flexibility index (Phi) is 7.16. The number of ether oxygens (including phenoxy) is 1. The highest BCUT2D eigenvalue weighted by Gasteiger charge is 2.38. The lowest BCUT2D eigenvalue weighted by molar-refractivity contribution is -0.136. The lowest BCUT2D eigenvalue weighted by Gasteiger charge is -2.18. The van der Waals surface area contributed by atoms with E-state index in [9.17, 15) is 18.0 Å². The Morgan fingerprint density at radius 2 is 1.83 bits per heavy atom. The molecule has 3 aromatic rings. The second-order valence-corrected chi connectivity index (χ2v) is 10.3. The van der Waals surface area contributed by atoms with Crippen molar-refractivity contribution in [2.75, 3.05) is 12.0 Å². The molecule has 0 saturated carbocycles. The van der Waals surface area contributed by atoms with E-state index in [2.05, 4.69) is 4.72 Å². The topological polar surface area (TPSA) is 106 Å². The van der Waals surface area contributed by atoms with E-state index in [4.69, 9.17) is 20.8 Å². The number of nitrogens with zero attached hydrogens (tertiary/aromatic N) is 1. The number of furan rings is 1. The van der Waals surface area contributed by atoms with E-state index in [-0.39, 0.29) is 28.3 Å². The van der Waals surface area contributed by atoms with Crippen LogP contribution in [0.1, 0.15) is 24.0 Å². The van der Waals surface area contributed by atoms with Gasteiger partial charge >= 0.3 is 5.97 Å². The fraction of sp³-hybridized carbons (Fsp3) is 0.154. The normalized spacial score (nSPS) is 15.2. The number of carbonyl (C=O) groups is 2. The first-order valence-electron chi connectivity index (χ1n) is 10.9. The zero-order valence-corrected chi connectivity index (χ0v) is 21.3. The third-order valence-corrected chi connectivity index (χ3v) is 7.24. The number of hydrogen-bond acceptors (Lipinski definition) is 6. The molecule has 8 nitrogen and oxygen atoms in total. The largest absolute Gasteiger partial charge is 0.465 e. The van der Waals surface area contributed by atoms with Gasteiger partial charge in [0.2, 0.25) is 10.0 Å². The van der Waals surface area contributed by atoms with Crippen molar-refractivity contribution >= 4 is 45.3 Å². The standard InChI is InChI=1S/C26H23ClN2O6S/c1-16-7-11-22(12-8-16)36(32,33)28-15-21-10-9-20(35-21)14-23-24(26(31)34-3)17(2)29(25(23)30)19-6-4-5-18(27)13-19/h4-14,28H,15H2,1-3H3/b23-14+. The average molecular weight is 527 g/mol. The van der Waals surface area contributed by atoms with Gasteiger partial charge in [0.15, 0.2) is 0 Å². The molecule has 0 fully saturated rings. The number of aryl methyl sites for hydroxylation is 1. The fourth-order valence-corrected chi connectivity index (χ4v) is 4.96. The Labute approximate surface area is 213 Å². The number of nitrogens with one attached hydrogen (secondary N) is 1. The summed E-state index contributed by atoms with van der Waals surface area (Å²) in [5, 5.41) is 0.439. The van der Waals surface area contributed by atoms with Crippen molar-refractivity contribution < 1.29 is 27.2 Å². The number of amides is 1. The second-order valence-electron chi connectivity index (χ2n) is 8.07. The Morgan fingerprint density at radius 3 is 2.50 bits per heavy atom. The monoisotopic (exact) mass is 526 g/mol. The number of esters is 1. The number of carbonyl (C=O) groups excluding carboxylic acids is 2. The summed E-state index contributed by atoms with van der Waals surface area (Å²) in [6, 6.07) is 16.4. The zero-order valence-electron chi connectivity index (χ0n) is 19.7. The van der Waals surface area contributed by atoms with Crippen LogP contribution in [0, 0.1) is 6.92 Å². The van der Waals surface area contributed by atoms with Crippen LogP contribution in [0.3, 0.4) is 0 Å². The van der Waals surface area contributed by atoms with E-state index in [1.807, 2.05) is 6.92 Å². The van der Waals surface area contributed by atoms with Crippen LogP contribution in [-0.4, -0.2) is 27.4 Å². The minimum atomic E-state index is -3.73. The molecule has 0 spiro atoms. The van der Waals surface area contributed by atoms with Crippen LogP contribution >= 0.6 is 11.6 Å². The lowest BCUT2D eigenvalue weighted by atomic mass is 10.1. The van der Waals surface area contributed by atoms with Crippen LogP contribution in [-0.2, 0) is 30.9 Å². The van der Waals surface area contributed by atoms with Crippen molar-refractivity contribution in [2.45, 2.75) is 25.3 Å². The van der Waals surface area contributed by atoms with E-state index in [0.29, 0.717) is 22.2 Å². The number of hydrogen-bond donors (Lipinski definition) is 1. The molecule has 36 heavy (non-hydrogen) atoms. The molecular weight excluding hydrogens is 504 g/mol. The maximum atomic E-state index is 13.3. The molecule has 2 heterocycles. The molecular formula is C26H23ClN2O6S. The van der Waals surface area contributed by atoms with Gasteiger partial charge < -0.3 is 9.15 Å². The number of methoxy groups -OCH3 is 1. The number of allylic oxidation sites excluding steroid dienone is 1. The summed E-state index contributed by atoms with van der Waals surface area (Å²) >= 11 is 6.10. The van der Waals surface area contributed by atoms with Crippen molar-refractivity contribution in [3.05, 3.63) is 99.6 Å². The van der Waals surface area contributed by atoms with Crippen LogP contribution < -0.4 is 9.62 Å². The first-order chi connectivity index (χ1) is 17.1. The smallest absolute Gasteiger partial charge is 0.340 e. The summed E-state index contributed by atoms with van der Waals surface area (Å²) in [7, 11) is -2.50. The van der Waals surface area contributed by atoms with Crippen molar-refractivity contribution in [2.24, 2.45) is 0 Å². The number of rotatable bonds is 7. The number of benzene rings is 2. The van der Waals surface area contributed by atoms with Gasteiger partial charge in [0.1, 0.15) is 11.5 Å². The summed E-state index contributed by atoms with van der Waals surface area (Å²) in [6.07, 6.45) is 1.43. The molecule has 0 unspecified atom stereocenters. The Morgan fingerprint density at radius 1 is 1.11 bits per heavy atom. The first kappa shape index (κ1) is 25.4. The molecule has 186 valence electrons. The molecule has 0 bridgehead atoms. The van der Waals surface area contributed by atoms with Gasteiger partial charge in [0.05, 0.1) is 35.4 Å². The van der Waals surface area contributed by atoms with E-state index >= 15 is 0 Å². The predicted octanol–water partition coefficient (Wildman–Crippen LogP) is 4.60. The summed E-state index contributed by atoms with van der Waals surface area (Å²) < 4.78 is 38.2. The zero-order chi connectivity index (χ0) is 26.0. The van der Waals surface area contributed by atoms with Crippen molar-refractivity contribution in [1.82, 2.24) is 4.72 Å². The van der Waals surface area contributed by atoms with Gasteiger partial charge in [-0.2, -0.15) is 0 Å². The van der Waals surface area contributed by atoms with Crippen LogP contribution in [0.15, 0.2) is 86.8 Å².